The molecule has 0 bridgehead atoms. The quantitative estimate of drug-likeness (QED) is 0.636. The lowest BCUT2D eigenvalue weighted by Gasteiger charge is -2.22. The van der Waals surface area contributed by atoms with E-state index < -0.39 is 4.92 Å². The van der Waals surface area contributed by atoms with Crippen LogP contribution >= 0.6 is 12.4 Å². The molecule has 0 aliphatic rings. The molecule has 1 heterocycles. The molecule has 1 aromatic heterocycles. The molecular weight excluding hydrogens is 308 g/mol. The molecule has 8 heteroatoms. The molecule has 0 fully saturated rings. The van der Waals surface area contributed by atoms with Crippen LogP contribution < -0.4 is 5.73 Å². The molecule has 1 aromatic rings. The summed E-state index contributed by atoms with van der Waals surface area (Å²) in [5.74, 6) is 0.0642. The Bertz CT molecular complexity index is 537. The number of nitro groups is 1. The van der Waals surface area contributed by atoms with Crippen LogP contribution in [0, 0.1) is 23.0 Å². The van der Waals surface area contributed by atoms with E-state index >= 15 is 0 Å². The number of amides is 1. The predicted octanol–water partition coefficient (Wildman–Crippen LogP) is 2.17. The number of aryl methyl sites for hydroxylation is 1. The first kappa shape index (κ1) is 20.3. The van der Waals surface area contributed by atoms with E-state index in [2.05, 4.69) is 4.98 Å². The molecule has 1 unspecified atom stereocenters. The van der Waals surface area contributed by atoms with Gasteiger partial charge < -0.3 is 10.6 Å². The van der Waals surface area contributed by atoms with Gasteiger partial charge >= 0.3 is 0 Å². The molecule has 124 valence electrons. The highest BCUT2D eigenvalue weighted by atomic mass is 35.5. The van der Waals surface area contributed by atoms with Crippen LogP contribution in [-0.4, -0.2) is 40.3 Å². The third-order valence-electron chi connectivity index (χ3n) is 3.51. The minimum absolute atomic E-state index is 0. The minimum atomic E-state index is -0.558. The Morgan fingerprint density at radius 2 is 2.09 bits per heavy atom. The average Bonchev–Trinajstić information content (AvgIpc) is 2.43. The Morgan fingerprint density at radius 3 is 2.59 bits per heavy atom. The molecule has 0 radical (unpaired) electrons. The fourth-order valence-electron chi connectivity index (χ4n) is 1.82. The van der Waals surface area contributed by atoms with Gasteiger partial charge in [0.1, 0.15) is 6.20 Å². The second kappa shape index (κ2) is 8.65. The van der Waals surface area contributed by atoms with Crippen molar-refractivity contribution in [3.8, 4) is 0 Å². The second-order valence-corrected chi connectivity index (χ2v) is 5.51. The Morgan fingerprint density at radius 1 is 1.50 bits per heavy atom. The Labute approximate surface area is 136 Å². The van der Waals surface area contributed by atoms with Gasteiger partial charge in [-0.2, -0.15) is 0 Å². The number of hydrogen-bond donors (Lipinski definition) is 1. The highest BCUT2D eigenvalue weighted by molar-refractivity contribution is 5.95. The van der Waals surface area contributed by atoms with Crippen LogP contribution in [-0.2, 0) is 0 Å². The van der Waals surface area contributed by atoms with Crippen molar-refractivity contribution in [3.63, 3.8) is 0 Å². The fraction of sp³-hybridized carbons (Fsp3) is 0.571. The molecule has 7 nitrogen and oxygen atoms in total. The fourth-order valence-corrected chi connectivity index (χ4v) is 1.82. The van der Waals surface area contributed by atoms with Gasteiger partial charge in [0, 0.05) is 25.7 Å². The number of pyridine rings is 1. The van der Waals surface area contributed by atoms with E-state index in [9.17, 15) is 14.9 Å². The summed E-state index contributed by atoms with van der Waals surface area (Å²) < 4.78 is 0. The SMILES string of the molecule is Cc1ncc([N+](=O)[O-])cc1C(=O)N(C)CCC(N)C(C)C.Cl. The summed E-state index contributed by atoms with van der Waals surface area (Å²) in [4.78, 5) is 28.0. The first-order valence-electron chi connectivity index (χ1n) is 6.86. The highest BCUT2D eigenvalue weighted by Crippen LogP contribution is 2.16. The maximum atomic E-state index is 12.3. The summed E-state index contributed by atoms with van der Waals surface area (Å²) in [6.07, 6.45) is 1.84. The van der Waals surface area contributed by atoms with Crippen molar-refractivity contribution < 1.29 is 9.72 Å². The topological polar surface area (TPSA) is 102 Å². The number of carbonyl (C=O) groups excluding carboxylic acids is 1. The standard InChI is InChI=1S/C14H22N4O3.ClH/c1-9(2)13(15)5-6-17(4)14(19)12-7-11(18(20)21)8-16-10(12)3;/h7-9,13H,5-6,15H2,1-4H3;1H. The van der Waals surface area contributed by atoms with Crippen molar-refractivity contribution in [2.24, 2.45) is 11.7 Å². The van der Waals surface area contributed by atoms with Gasteiger partial charge in [-0.15, -0.1) is 12.4 Å². The van der Waals surface area contributed by atoms with E-state index in [1.54, 1.807) is 14.0 Å². The predicted molar refractivity (Wildman–Crippen MR) is 87.3 cm³/mol. The molecule has 0 aromatic carbocycles. The molecule has 0 spiro atoms. The maximum Gasteiger partial charge on any atom is 0.288 e. The van der Waals surface area contributed by atoms with Crippen LogP contribution in [0.4, 0.5) is 5.69 Å². The number of nitrogens with two attached hydrogens (primary N) is 1. The van der Waals surface area contributed by atoms with E-state index in [1.807, 2.05) is 13.8 Å². The molecule has 0 saturated carbocycles. The van der Waals surface area contributed by atoms with Gasteiger partial charge in [-0.1, -0.05) is 13.8 Å². The van der Waals surface area contributed by atoms with Crippen molar-refractivity contribution in [3.05, 3.63) is 33.6 Å². The van der Waals surface area contributed by atoms with Gasteiger partial charge in [0.15, 0.2) is 0 Å². The van der Waals surface area contributed by atoms with Crippen molar-refractivity contribution in [2.45, 2.75) is 33.2 Å². The molecule has 0 aliphatic heterocycles. The third kappa shape index (κ3) is 5.23. The minimum Gasteiger partial charge on any atom is -0.342 e. The molecular formula is C14H23ClN4O3. The summed E-state index contributed by atoms with van der Waals surface area (Å²) in [6, 6.07) is 1.29. The molecule has 0 saturated heterocycles. The largest absolute Gasteiger partial charge is 0.342 e. The van der Waals surface area contributed by atoms with Crippen LogP contribution in [0.3, 0.4) is 0 Å². The van der Waals surface area contributed by atoms with Gasteiger partial charge in [-0.3, -0.25) is 19.9 Å². The lowest BCUT2D eigenvalue weighted by Crippen LogP contribution is -2.35. The van der Waals surface area contributed by atoms with Crippen molar-refractivity contribution in [2.75, 3.05) is 13.6 Å². The van der Waals surface area contributed by atoms with E-state index in [-0.39, 0.29) is 35.6 Å². The molecule has 1 rings (SSSR count). The normalized spacial score (nSPS) is 11.7. The van der Waals surface area contributed by atoms with Gasteiger partial charge in [0.2, 0.25) is 0 Å². The Balaban J connectivity index is 0.00000441. The summed E-state index contributed by atoms with van der Waals surface area (Å²) >= 11 is 0. The smallest absolute Gasteiger partial charge is 0.288 e. The zero-order chi connectivity index (χ0) is 16.2. The van der Waals surface area contributed by atoms with Crippen molar-refractivity contribution in [1.29, 1.82) is 0 Å². The van der Waals surface area contributed by atoms with Gasteiger partial charge in [-0.25, -0.2) is 0 Å². The molecule has 2 N–H and O–H groups in total. The van der Waals surface area contributed by atoms with Crippen LogP contribution in [0.25, 0.3) is 0 Å². The molecule has 22 heavy (non-hydrogen) atoms. The van der Waals surface area contributed by atoms with Crippen molar-refractivity contribution in [1.82, 2.24) is 9.88 Å². The van der Waals surface area contributed by atoms with Gasteiger partial charge in [-0.05, 0) is 19.3 Å². The van der Waals surface area contributed by atoms with Crippen molar-refractivity contribution >= 4 is 24.0 Å². The maximum absolute atomic E-state index is 12.3. The Kier molecular flexibility index (Phi) is 7.97. The second-order valence-electron chi connectivity index (χ2n) is 5.51. The molecule has 0 aliphatic carbocycles. The summed E-state index contributed by atoms with van der Waals surface area (Å²) in [5.41, 5.74) is 6.51. The number of aromatic nitrogens is 1. The summed E-state index contributed by atoms with van der Waals surface area (Å²) in [6.45, 7) is 6.22. The van der Waals surface area contributed by atoms with E-state index in [0.29, 0.717) is 24.6 Å². The molecule has 1 atom stereocenters. The van der Waals surface area contributed by atoms with E-state index in [1.165, 1.54) is 11.0 Å². The third-order valence-corrected chi connectivity index (χ3v) is 3.51. The number of hydrogen-bond acceptors (Lipinski definition) is 5. The van der Waals surface area contributed by atoms with Gasteiger partial charge in [0.25, 0.3) is 11.6 Å². The molecule has 1 amide bonds. The van der Waals surface area contributed by atoms with Crippen LogP contribution in [0.15, 0.2) is 12.3 Å². The van der Waals surface area contributed by atoms with Crippen LogP contribution in [0.2, 0.25) is 0 Å². The number of rotatable bonds is 6. The average molecular weight is 331 g/mol. The summed E-state index contributed by atoms with van der Waals surface area (Å²) in [5, 5.41) is 10.8. The van der Waals surface area contributed by atoms with Crippen LogP contribution in [0.1, 0.15) is 36.3 Å². The van der Waals surface area contributed by atoms with E-state index in [4.69, 9.17) is 5.73 Å². The number of nitrogens with zero attached hydrogens (tertiary/aromatic N) is 3. The lowest BCUT2D eigenvalue weighted by atomic mass is 10.0. The highest BCUT2D eigenvalue weighted by Gasteiger charge is 2.19. The van der Waals surface area contributed by atoms with E-state index in [0.717, 1.165) is 6.20 Å². The zero-order valence-electron chi connectivity index (χ0n) is 13.3. The number of carbonyl (C=O) groups is 1. The van der Waals surface area contributed by atoms with Gasteiger partial charge in [0.05, 0.1) is 16.2 Å². The zero-order valence-corrected chi connectivity index (χ0v) is 14.1. The number of halogens is 1. The first-order chi connectivity index (χ1) is 9.73. The summed E-state index contributed by atoms with van der Waals surface area (Å²) in [7, 11) is 1.66. The first-order valence-corrected chi connectivity index (χ1v) is 6.86. The van der Waals surface area contributed by atoms with Crippen LogP contribution in [0.5, 0.6) is 0 Å². The lowest BCUT2D eigenvalue weighted by molar-refractivity contribution is -0.385. The monoisotopic (exact) mass is 330 g/mol. The Hall–Kier alpha value is -1.73.